The van der Waals surface area contributed by atoms with E-state index in [1.54, 1.807) is 0 Å². The summed E-state index contributed by atoms with van der Waals surface area (Å²) in [4.78, 5) is 21.7. The van der Waals surface area contributed by atoms with Crippen LogP contribution >= 0.6 is 0 Å². The average molecular weight is 222 g/mol. The molecule has 0 amide bonds. The molecule has 1 heterocycles. The van der Waals surface area contributed by atoms with E-state index in [-0.39, 0.29) is 6.61 Å². The summed E-state index contributed by atoms with van der Waals surface area (Å²) in [5.41, 5.74) is 0.850. The Kier molecular flexibility index (Phi) is 2.87. The number of epoxide rings is 1. The molecule has 2 unspecified atom stereocenters. The molecule has 0 radical (unpaired) electrons. The molecule has 2 rings (SSSR count). The van der Waals surface area contributed by atoms with Gasteiger partial charge in [0.25, 0.3) is 0 Å². The summed E-state index contributed by atoms with van der Waals surface area (Å²) < 4.78 is 9.56. The lowest BCUT2D eigenvalue weighted by atomic mass is 10.2. The monoisotopic (exact) mass is 222 g/mol. The van der Waals surface area contributed by atoms with Crippen LogP contribution in [0.25, 0.3) is 0 Å². The number of carbonyl (C=O) groups excluding carboxylic acids is 1. The second-order valence-corrected chi connectivity index (χ2v) is 3.41. The normalized spacial score (nSPS) is 22.5. The molecule has 1 aliphatic rings. The van der Waals surface area contributed by atoms with Gasteiger partial charge in [0.2, 0.25) is 0 Å². The van der Waals surface area contributed by atoms with Gasteiger partial charge in [0.15, 0.2) is 12.2 Å². The van der Waals surface area contributed by atoms with E-state index in [1.807, 2.05) is 30.3 Å². The minimum Gasteiger partial charge on any atom is -0.479 e. The highest BCUT2D eigenvalue weighted by Crippen LogP contribution is 2.23. The number of carbonyl (C=O) groups is 2. The van der Waals surface area contributed by atoms with Crippen molar-refractivity contribution in [1.82, 2.24) is 0 Å². The van der Waals surface area contributed by atoms with Crippen molar-refractivity contribution in [2.75, 3.05) is 0 Å². The van der Waals surface area contributed by atoms with Crippen molar-refractivity contribution in [3.63, 3.8) is 0 Å². The van der Waals surface area contributed by atoms with Gasteiger partial charge in [-0.1, -0.05) is 30.3 Å². The summed E-state index contributed by atoms with van der Waals surface area (Å²) in [7, 11) is 0. The Bertz CT molecular complexity index is 400. The first-order chi connectivity index (χ1) is 7.68. The molecule has 2 atom stereocenters. The maximum atomic E-state index is 11.3. The molecule has 5 heteroatoms. The fourth-order valence-corrected chi connectivity index (χ4v) is 1.29. The van der Waals surface area contributed by atoms with Crippen LogP contribution in [-0.2, 0) is 25.7 Å². The first-order valence-electron chi connectivity index (χ1n) is 4.77. The van der Waals surface area contributed by atoms with Gasteiger partial charge in [0.05, 0.1) is 0 Å². The van der Waals surface area contributed by atoms with Crippen molar-refractivity contribution in [2.24, 2.45) is 0 Å². The second-order valence-electron chi connectivity index (χ2n) is 3.41. The maximum Gasteiger partial charge on any atom is 0.339 e. The molecule has 0 aromatic heterocycles. The highest BCUT2D eigenvalue weighted by molar-refractivity contribution is 5.88. The number of carboxylic acid groups (broad SMARTS) is 1. The quantitative estimate of drug-likeness (QED) is 0.595. The van der Waals surface area contributed by atoms with Crippen LogP contribution in [0.15, 0.2) is 30.3 Å². The van der Waals surface area contributed by atoms with E-state index in [4.69, 9.17) is 9.84 Å². The first kappa shape index (κ1) is 10.6. The third-order valence-corrected chi connectivity index (χ3v) is 2.19. The summed E-state index contributed by atoms with van der Waals surface area (Å²) in [6.07, 6.45) is -1.98. The summed E-state index contributed by atoms with van der Waals surface area (Å²) in [6.45, 7) is 0.131. The fraction of sp³-hybridized carbons (Fsp3) is 0.273. The number of ether oxygens (including phenoxy) is 2. The maximum absolute atomic E-state index is 11.3. The van der Waals surface area contributed by atoms with E-state index < -0.39 is 24.1 Å². The number of aliphatic carboxylic acids is 1. The minimum atomic E-state index is -1.14. The second kappa shape index (κ2) is 4.32. The molecule has 1 fully saturated rings. The molecular weight excluding hydrogens is 212 g/mol. The van der Waals surface area contributed by atoms with Gasteiger partial charge in [-0.2, -0.15) is 0 Å². The van der Waals surface area contributed by atoms with Crippen LogP contribution in [-0.4, -0.2) is 29.3 Å². The number of rotatable bonds is 4. The molecule has 1 aliphatic heterocycles. The van der Waals surface area contributed by atoms with Gasteiger partial charge < -0.3 is 14.6 Å². The van der Waals surface area contributed by atoms with Crippen molar-refractivity contribution in [1.29, 1.82) is 0 Å². The van der Waals surface area contributed by atoms with Crippen LogP contribution in [0.2, 0.25) is 0 Å². The summed E-state index contributed by atoms with van der Waals surface area (Å²) in [5.74, 6) is -1.77. The van der Waals surface area contributed by atoms with E-state index in [2.05, 4.69) is 4.74 Å². The molecule has 1 saturated heterocycles. The predicted octanol–water partition coefficient (Wildman–Crippen LogP) is 0.582. The zero-order valence-corrected chi connectivity index (χ0v) is 8.33. The van der Waals surface area contributed by atoms with Crippen LogP contribution in [0.5, 0.6) is 0 Å². The zero-order chi connectivity index (χ0) is 11.5. The molecule has 1 N–H and O–H groups in total. The van der Waals surface area contributed by atoms with Gasteiger partial charge in [0.1, 0.15) is 6.61 Å². The number of hydrogen-bond donors (Lipinski definition) is 1. The zero-order valence-electron chi connectivity index (χ0n) is 8.33. The van der Waals surface area contributed by atoms with Crippen LogP contribution in [0.3, 0.4) is 0 Å². The van der Waals surface area contributed by atoms with Crippen molar-refractivity contribution in [2.45, 2.75) is 18.8 Å². The predicted molar refractivity (Wildman–Crippen MR) is 52.5 cm³/mol. The Morgan fingerprint density at radius 3 is 2.50 bits per heavy atom. The Balaban J connectivity index is 1.80. The van der Waals surface area contributed by atoms with Gasteiger partial charge in [-0.15, -0.1) is 0 Å². The number of carboxylic acids is 1. The molecule has 0 saturated carbocycles. The number of benzene rings is 1. The van der Waals surface area contributed by atoms with Crippen LogP contribution < -0.4 is 0 Å². The lowest BCUT2D eigenvalue weighted by Crippen LogP contribution is -2.18. The van der Waals surface area contributed by atoms with E-state index in [1.165, 1.54) is 0 Å². The summed E-state index contributed by atoms with van der Waals surface area (Å²) in [6, 6.07) is 9.15. The Hall–Kier alpha value is -1.88. The Labute approximate surface area is 91.6 Å². The molecule has 0 bridgehead atoms. The first-order valence-corrected chi connectivity index (χ1v) is 4.77. The van der Waals surface area contributed by atoms with E-state index in [0.29, 0.717) is 0 Å². The van der Waals surface area contributed by atoms with Gasteiger partial charge >= 0.3 is 11.9 Å². The molecule has 1 aromatic rings. The highest BCUT2D eigenvalue weighted by Gasteiger charge is 2.51. The van der Waals surface area contributed by atoms with Gasteiger partial charge in [0, 0.05) is 0 Å². The third-order valence-electron chi connectivity index (χ3n) is 2.19. The lowest BCUT2D eigenvalue weighted by Gasteiger charge is -2.02. The van der Waals surface area contributed by atoms with E-state index in [0.717, 1.165) is 5.56 Å². The molecule has 0 aliphatic carbocycles. The standard InChI is InChI=1S/C11H10O5/c12-10(13)8-9(16-8)11(14)15-6-7-4-2-1-3-5-7/h1-5,8-9H,6H2,(H,12,13). The largest absolute Gasteiger partial charge is 0.479 e. The molecule has 0 spiro atoms. The summed E-state index contributed by atoms with van der Waals surface area (Å²) in [5, 5.41) is 8.53. The fourth-order valence-electron chi connectivity index (χ4n) is 1.29. The minimum absolute atomic E-state index is 0.131. The van der Waals surface area contributed by atoms with E-state index >= 15 is 0 Å². The van der Waals surface area contributed by atoms with Crippen molar-refractivity contribution in [3.8, 4) is 0 Å². The Morgan fingerprint density at radius 1 is 1.25 bits per heavy atom. The smallest absolute Gasteiger partial charge is 0.339 e. The summed E-state index contributed by atoms with van der Waals surface area (Å²) >= 11 is 0. The topological polar surface area (TPSA) is 76.1 Å². The average Bonchev–Trinajstić information content (AvgIpc) is 3.07. The lowest BCUT2D eigenvalue weighted by molar-refractivity contribution is -0.147. The van der Waals surface area contributed by atoms with Crippen molar-refractivity contribution < 1.29 is 24.2 Å². The molecule has 5 nitrogen and oxygen atoms in total. The Morgan fingerprint density at radius 2 is 1.94 bits per heavy atom. The molecule has 16 heavy (non-hydrogen) atoms. The van der Waals surface area contributed by atoms with Crippen molar-refractivity contribution in [3.05, 3.63) is 35.9 Å². The van der Waals surface area contributed by atoms with Crippen molar-refractivity contribution >= 4 is 11.9 Å². The number of hydrogen-bond acceptors (Lipinski definition) is 4. The van der Waals surface area contributed by atoms with Crippen LogP contribution in [0, 0.1) is 0 Å². The van der Waals surface area contributed by atoms with Gasteiger partial charge in [-0.3, -0.25) is 0 Å². The van der Waals surface area contributed by atoms with Crippen LogP contribution in [0.1, 0.15) is 5.56 Å². The highest BCUT2D eigenvalue weighted by atomic mass is 16.7. The third kappa shape index (κ3) is 2.38. The molecule has 1 aromatic carbocycles. The van der Waals surface area contributed by atoms with Gasteiger partial charge in [-0.25, -0.2) is 9.59 Å². The number of esters is 1. The molecular formula is C11H10O5. The van der Waals surface area contributed by atoms with E-state index in [9.17, 15) is 9.59 Å². The van der Waals surface area contributed by atoms with Gasteiger partial charge in [-0.05, 0) is 5.56 Å². The SMILES string of the molecule is O=C(O)C1OC1C(=O)OCc1ccccc1. The molecule has 84 valence electrons. The van der Waals surface area contributed by atoms with Crippen LogP contribution in [0.4, 0.5) is 0 Å².